The minimum atomic E-state index is -0.844. The lowest BCUT2D eigenvalue weighted by Crippen LogP contribution is -2.13. The van der Waals surface area contributed by atoms with Gasteiger partial charge >= 0.3 is 5.97 Å². The quantitative estimate of drug-likeness (QED) is 0.813. The molecule has 2 N–H and O–H groups in total. The van der Waals surface area contributed by atoms with Crippen LogP contribution in [-0.4, -0.2) is 22.0 Å². The number of carbonyl (C=O) groups is 2. The van der Waals surface area contributed by atoms with Gasteiger partial charge in [-0.1, -0.05) is 12.1 Å². The van der Waals surface area contributed by atoms with Crippen LogP contribution in [0, 0.1) is 0 Å². The molecule has 2 rings (SSSR count). The molecule has 0 aliphatic heterocycles. The molecule has 6 heteroatoms. The van der Waals surface area contributed by atoms with Crippen LogP contribution in [0.3, 0.4) is 0 Å². The number of carboxylic acid groups (broad SMARTS) is 1. The first-order chi connectivity index (χ1) is 10.1. The molecule has 0 fully saturated rings. The molecule has 1 aromatic carbocycles. The summed E-state index contributed by atoms with van der Waals surface area (Å²) in [7, 11) is 0. The van der Waals surface area contributed by atoms with Crippen molar-refractivity contribution in [2.75, 3.05) is 5.32 Å². The van der Waals surface area contributed by atoms with E-state index in [1.807, 2.05) is 6.07 Å². The molecule has 0 spiro atoms. The number of amides is 1. The van der Waals surface area contributed by atoms with Crippen molar-refractivity contribution in [1.29, 1.82) is 0 Å². The molecular formula is C15H13BrN2O3. The van der Waals surface area contributed by atoms with Gasteiger partial charge < -0.3 is 10.4 Å². The Balaban J connectivity index is 2.09. The molecule has 1 heterocycles. The first kappa shape index (κ1) is 15.2. The minimum Gasteiger partial charge on any atom is -0.481 e. The molecule has 2 aromatic rings. The predicted octanol–water partition coefficient (Wildman–Crippen LogP) is 3.11. The number of hydrogen-bond donors (Lipinski definition) is 2. The number of halogens is 1. The van der Waals surface area contributed by atoms with Crippen LogP contribution in [0.4, 0.5) is 5.69 Å². The van der Waals surface area contributed by atoms with Gasteiger partial charge in [0.25, 0.3) is 5.91 Å². The van der Waals surface area contributed by atoms with Crippen LogP contribution in [0.15, 0.2) is 47.2 Å². The Morgan fingerprint density at radius 3 is 2.76 bits per heavy atom. The van der Waals surface area contributed by atoms with E-state index in [1.54, 1.807) is 36.5 Å². The Labute approximate surface area is 130 Å². The summed E-state index contributed by atoms with van der Waals surface area (Å²) in [6.07, 6.45) is 2.08. The third-order valence-electron chi connectivity index (χ3n) is 2.82. The van der Waals surface area contributed by atoms with Gasteiger partial charge in [-0.15, -0.1) is 0 Å². The highest BCUT2D eigenvalue weighted by Crippen LogP contribution is 2.17. The van der Waals surface area contributed by atoms with E-state index < -0.39 is 5.97 Å². The Bertz CT molecular complexity index is 673. The third kappa shape index (κ3) is 4.39. The second-order valence-electron chi connectivity index (χ2n) is 4.39. The van der Waals surface area contributed by atoms with Gasteiger partial charge in [-0.05, 0) is 52.2 Å². The number of carboxylic acids is 1. The number of hydrogen-bond acceptors (Lipinski definition) is 3. The van der Waals surface area contributed by atoms with Crippen LogP contribution in [0.5, 0.6) is 0 Å². The lowest BCUT2D eigenvalue weighted by Gasteiger charge is -2.08. The van der Waals surface area contributed by atoms with Crippen LogP contribution < -0.4 is 5.32 Å². The van der Waals surface area contributed by atoms with Crippen LogP contribution in [-0.2, 0) is 11.2 Å². The second kappa shape index (κ2) is 6.99. The Kier molecular flexibility index (Phi) is 5.05. The third-order valence-corrected chi connectivity index (χ3v) is 3.45. The van der Waals surface area contributed by atoms with E-state index >= 15 is 0 Å². The predicted molar refractivity (Wildman–Crippen MR) is 82.3 cm³/mol. The fourth-order valence-corrected chi connectivity index (χ4v) is 2.24. The van der Waals surface area contributed by atoms with Crippen LogP contribution in [0.2, 0.25) is 0 Å². The van der Waals surface area contributed by atoms with E-state index in [0.717, 1.165) is 5.56 Å². The number of benzene rings is 1. The van der Waals surface area contributed by atoms with Crippen molar-refractivity contribution in [2.24, 2.45) is 0 Å². The summed E-state index contributed by atoms with van der Waals surface area (Å²) < 4.78 is 0.476. The molecule has 5 nitrogen and oxygen atoms in total. The van der Waals surface area contributed by atoms with Gasteiger partial charge in [0.15, 0.2) is 0 Å². The molecule has 0 atom stereocenters. The maximum Gasteiger partial charge on any atom is 0.303 e. The highest BCUT2D eigenvalue weighted by Gasteiger charge is 2.10. The van der Waals surface area contributed by atoms with E-state index in [9.17, 15) is 9.59 Å². The second-order valence-corrected chi connectivity index (χ2v) is 5.14. The molecule has 0 bridgehead atoms. The zero-order valence-corrected chi connectivity index (χ0v) is 12.6. The number of aliphatic carboxylic acids is 1. The maximum absolute atomic E-state index is 12.1. The molecular weight excluding hydrogens is 336 g/mol. The Hall–Kier alpha value is -2.21. The average molecular weight is 349 g/mol. The van der Waals surface area contributed by atoms with Gasteiger partial charge in [-0.2, -0.15) is 0 Å². The molecule has 0 radical (unpaired) electrons. The summed E-state index contributed by atoms with van der Waals surface area (Å²) in [4.78, 5) is 26.7. The molecule has 0 aliphatic rings. The maximum atomic E-state index is 12.1. The highest BCUT2D eigenvalue weighted by molar-refractivity contribution is 9.10. The zero-order chi connectivity index (χ0) is 15.2. The van der Waals surface area contributed by atoms with E-state index in [1.165, 1.54) is 0 Å². The summed E-state index contributed by atoms with van der Waals surface area (Å²) in [6, 6.07) is 10.5. The van der Waals surface area contributed by atoms with E-state index in [0.29, 0.717) is 22.3 Å². The lowest BCUT2D eigenvalue weighted by molar-refractivity contribution is -0.136. The average Bonchev–Trinajstić information content (AvgIpc) is 2.46. The summed E-state index contributed by atoms with van der Waals surface area (Å²) in [5.41, 5.74) is 1.92. The summed E-state index contributed by atoms with van der Waals surface area (Å²) >= 11 is 3.23. The monoisotopic (exact) mass is 348 g/mol. The van der Waals surface area contributed by atoms with Crippen molar-refractivity contribution in [2.45, 2.75) is 12.8 Å². The fraction of sp³-hybridized carbons (Fsp3) is 0.133. The zero-order valence-electron chi connectivity index (χ0n) is 11.0. The van der Waals surface area contributed by atoms with Gasteiger partial charge in [0.2, 0.25) is 0 Å². The molecule has 1 amide bonds. The van der Waals surface area contributed by atoms with Crippen LogP contribution in [0.25, 0.3) is 0 Å². The summed E-state index contributed by atoms with van der Waals surface area (Å²) in [5, 5.41) is 11.5. The van der Waals surface area contributed by atoms with Crippen molar-refractivity contribution in [3.63, 3.8) is 0 Å². The van der Waals surface area contributed by atoms with Gasteiger partial charge in [0, 0.05) is 18.3 Å². The first-order valence-electron chi connectivity index (χ1n) is 6.29. The number of nitrogens with zero attached hydrogens (tertiary/aromatic N) is 1. The number of anilines is 1. The molecule has 1 aromatic heterocycles. The van der Waals surface area contributed by atoms with Gasteiger partial charge in [-0.3, -0.25) is 9.59 Å². The topological polar surface area (TPSA) is 79.3 Å². The smallest absolute Gasteiger partial charge is 0.303 e. The number of aromatic nitrogens is 1. The first-order valence-corrected chi connectivity index (χ1v) is 7.08. The standard InChI is InChI=1S/C15H13BrN2O3/c16-14-12(5-2-8-17-14)15(21)18-11-4-1-3-10(9-11)6-7-13(19)20/h1-5,8-9H,6-7H2,(H,18,21)(H,19,20). The molecule has 0 saturated carbocycles. The van der Waals surface area contributed by atoms with Crippen LogP contribution in [0.1, 0.15) is 22.3 Å². The highest BCUT2D eigenvalue weighted by atomic mass is 79.9. The number of pyridine rings is 1. The van der Waals surface area contributed by atoms with E-state index in [2.05, 4.69) is 26.2 Å². The van der Waals surface area contributed by atoms with Crippen molar-refractivity contribution in [1.82, 2.24) is 4.98 Å². The summed E-state index contributed by atoms with van der Waals surface area (Å²) in [5.74, 6) is -1.12. The minimum absolute atomic E-state index is 0.0611. The van der Waals surface area contributed by atoms with E-state index in [-0.39, 0.29) is 12.3 Å². The van der Waals surface area contributed by atoms with Gasteiger partial charge in [0.1, 0.15) is 4.60 Å². The van der Waals surface area contributed by atoms with Gasteiger partial charge in [-0.25, -0.2) is 4.98 Å². The molecule has 0 saturated heterocycles. The number of nitrogens with one attached hydrogen (secondary N) is 1. The normalized spacial score (nSPS) is 10.1. The lowest BCUT2D eigenvalue weighted by atomic mass is 10.1. The Morgan fingerprint density at radius 2 is 2.05 bits per heavy atom. The van der Waals surface area contributed by atoms with Crippen molar-refractivity contribution >= 4 is 33.5 Å². The SMILES string of the molecule is O=C(O)CCc1cccc(NC(=O)c2cccnc2Br)c1. The van der Waals surface area contributed by atoms with Crippen molar-refractivity contribution in [3.05, 3.63) is 58.3 Å². The Morgan fingerprint density at radius 1 is 1.24 bits per heavy atom. The molecule has 108 valence electrons. The van der Waals surface area contributed by atoms with Gasteiger partial charge in [0.05, 0.1) is 5.56 Å². The van der Waals surface area contributed by atoms with Crippen LogP contribution >= 0.6 is 15.9 Å². The number of carbonyl (C=O) groups excluding carboxylic acids is 1. The molecule has 0 unspecified atom stereocenters. The largest absolute Gasteiger partial charge is 0.481 e. The van der Waals surface area contributed by atoms with Crippen molar-refractivity contribution in [3.8, 4) is 0 Å². The molecule has 0 aliphatic carbocycles. The fourth-order valence-electron chi connectivity index (χ4n) is 1.81. The van der Waals surface area contributed by atoms with Crippen molar-refractivity contribution < 1.29 is 14.7 Å². The van der Waals surface area contributed by atoms with E-state index in [4.69, 9.17) is 5.11 Å². The summed E-state index contributed by atoms with van der Waals surface area (Å²) in [6.45, 7) is 0. The molecule has 21 heavy (non-hydrogen) atoms. The number of aryl methyl sites for hydroxylation is 1. The number of rotatable bonds is 5.